The van der Waals surface area contributed by atoms with Crippen molar-refractivity contribution in [2.45, 2.75) is 6.04 Å². The Kier molecular flexibility index (Phi) is 6.27. The minimum atomic E-state index is -0.479. The molecule has 2 N–H and O–H groups in total. The van der Waals surface area contributed by atoms with Gasteiger partial charge in [-0.1, -0.05) is 41.3 Å². The molecule has 0 saturated carbocycles. The molecule has 162 valence electrons. The molecule has 32 heavy (non-hydrogen) atoms. The number of nitrogens with zero attached hydrogens (tertiary/aromatic N) is 2. The van der Waals surface area contributed by atoms with Crippen molar-refractivity contribution in [3.05, 3.63) is 93.2 Å². The van der Waals surface area contributed by atoms with E-state index in [1.165, 1.54) is 12.1 Å². The number of piperazine rings is 1. The van der Waals surface area contributed by atoms with E-state index in [-0.39, 0.29) is 23.2 Å². The summed E-state index contributed by atoms with van der Waals surface area (Å²) >= 11 is 12.6. The van der Waals surface area contributed by atoms with Crippen LogP contribution in [0.4, 0.5) is 15.8 Å². The number of amides is 1. The minimum Gasteiger partial charge on any atom is -0.398 e. The molecule has 1 fully saturated rings. The van der Waals surface area contributed by atoms with Crippen LogP contribution in [0.3, 0.4) is 0 Å². The summed E-state index contributed by atoms with van der Waals surface area (Å²) < 4.78 is 13.5. The van der Waals surface area contributed by atoms with Crippen molar-refractivity contribution in [3.63, 3.8) is 0 Å². The van der Waals surface area contributed by atoms with Gasteiger partial charge in [0.05, 0.1) is 22.3 Å². The van der Waals surface area contributed by atoms with Crippen LogP contribution in [0.1, 0.15) is 27.5 Å². The molecule has 0 radical (unpaired) electrons. The van der Waals surface area contributed by atoms with Crippen molar-refractivity contribution in [2.75, 3.05) is 30.3 Å². The molecule has 4 rings (SSSR count). The van der Waals surface area contributed by atoms with Crippen LogP contribution in [0.25, 0.3) is 0 Å². The van der Waals surface area contributed by atoms with E-state index in [0.29, 0.717) is 35.2 Å². The number of terminal acetylenes is 1. The maximum Gasteiger partial charge on any atom is 0.256 e. The molecule has 0 spiro atoms. The van der Waals surface area contributed by atoms with Gasteiger partial charge in [0.1, 0.15) is 5.82 Å². The monoisotopic (exact) mass is 467 g/mol. The van der Waals surface area contributed by atoms with Gasteiger partial charge in [-0.2, -0.15) is 0 Å². The van der Waals surface area contributed by atoms with Crippen molar-refractivity contribution in [3.8, 4) is 12.3 Å². The highest BCUT2D eigenvalue weighted by atomic mass is 35.5. The molecule has 1 heterocycles. The summed E-state index contributed by atoms with van der Waals surface area (Å²) in [7, 11) is 0. The summed E-state index contributed by atoms with van der Waals surface area (Å²) in [6.07, 6.45) is 5.50. The van der Waals surface area contributed by atoms with E-state index in [4.69, 9.17) is 35.4 Å². The van der Waals surface area contributed by atoms with Crippen LogP contribution in [0.2, 0.25) is 10.0 Å². The second-order valence-corrected chi connectivity index (χ2v) is 8.40. The van der Waals surface area contributed by atoms with Gasteiger partial charge in [0.2, 0.25) is 0 Å². The summed E-state index contributed by atoms with van der Waals surface area (Å²) in [6, 6.07) is 16.6. The van der Waals surface area contributed by atoms with Gasteiger partial charge in [-0.25, -0.2) is 4.39 Å². The molecule has 7 heteroatoms. The van der Waals surface area contributed by atoms with Gasteiger partial charge in [-0.15, -0.1) is 6.42 Å². The first-order chi connectivity index (χ1) is 15.4. The first kappa shape index (κ1) is 22.0. The van der Waals surface area contributed by atoms with E-state index >= 15 is 0 Å². The Bertz CT molecular complexity index is 1210. The Hall–Kier alpha value is -3.20. The maximum absolute atomic E-state index is 13.5. The van der Waals surface area contributed by atoms with Gasteiger partial charge in [-0.05, 0) is 54.1 Å². The molecular weight excluding hydrogens is 448 g/mol. The van der Waals surface area contributed by atoms with Crippen LogP contribution in [0.5, 0.6) is 0 Å². The molecular formula is C25H20Cl2FN3O. The number of hydrogen-bond donors (Lipinski definition) is 1. The van der Waals surface area contributed by atoms with Crippen molar-refractivity contribution in [1.82, 2.24) is 4.90 Å². The molecule has 4 nitrogen and oxygen atoms in total. The van der Waals surface area contributed by atoms with Crippen molar-refractivity contribution < 1.29 is 9.18 Å². The molecule has 0 aromatic heterocycles. The largest absolute Gasteiger partial charge is 0.398 e. The number of halogens is 3. The number of carbonyl (C=O) groups is 1. The van der Waals surface area contributed by atoms with Crippen LogP contribution in [-0.2, 0) is 0 Å². The Morgan fingerprint density at radius 3 is 2.47 bits per heavy atom. The first-order valence-corrected chi connectivity index (χ1v) is 10.8. The Balaban J connectivity index is 1.69. The van der Waals surface area contributed by atoms with E-state index in [9.17, 15) is 9.18 Å². The summed E-state index contributed by atoms with van der Waals surface area (Å²) in [5.41, 5.74) is 8.82. The third kappa shape index (κ3) is 4.38. The van der Waals surface area contributed by atoms with Gasteiger partial charge in [-0.3, -0.25) is 4.79 Å². The zero-order valence-electron chi connectivity index (χ0n) is 17.1. The van der Waals surface area contributed by atoms with E-state index < -0.39 is 5.82 Å². The summed E-state index contributed by atoms with van der Waals surface area (Å²) in [6.45, 7) is 1.38. The fraction of sp³-hybridized carbons (Fsp3) is 0.160. The topological polar surface area (TPSA) is 49.6 Å². The van der Waals surface area contributed by atoms with Crippen LogP contribution in [0, 0.1) is 18.2 Å². The third-order valence-electron chi connectivity index (χ3n) is 5.59. The molecule has 1 aliphatic rings. The van der Waals surface area contributed by atoms with Gasteiger partial charge < -0.3 is 15.5 Å². The first-order valence-electron chi connectivity index (χ1n) is 10.00. The Morgan fingerprint density at radius 2 is 1.81 bits per heavy atom. The predicted molar refractivity (Wildman–Crippen MR) is 128 cm³/mol. The second-order valence-electron chi connectivity index (χ2n) is 7.55. The number of hydrogen-bond acceptors (Lipinski definition) is 3. The quantitative estimate of drug-likeness (QED) is 0.414. The summed E-state index contributed by atoms with van der Waals surface area (Å²) in [5.74, 6) is 1.87. The van der Waals surface area contributed by atoms with Crippen LogP contribution >= 0.6 is 23.2 Å². The van der Waals surface area contributed by atoms with Crippen LogP contribution in [-0.4, -0.2) is 30.4 Å². The number of nitrogen functional groups attached to an aromatic ring is 1. The molecule has 0 aliphatic carbocycles. The van der Waals surface area contributed by atoms with Gasteiger partial charge in [0.15, 0.2) is 0 Å². The molecule has 3 aromatic rings. The minimum absolute atomic E-state index is 0.119. The third-order valence-corrected chi connectivity index (χ3v) is 6.14. The highest BCUT2D eigenvalue weighted by Gasteiger charge is 2.32. The Labute approximate surface area is 196 Å². The zero-order valence-corrected chi connectivity index (χ0v) is 18.6. The second kappa shape index (κ2) is 9.12. The smallest absolute Gasteiger partial charge is 0.256 e. The van der Waals surface area contributed by atoms with E-state index in [0.717, 1.165) is 17.3 Å². The summed E-state index contributed by atoms with van der Waals surface area (Å²) in [4.78, 5) is 17.1. The molecule has 1 amide bonds. The Morgan fingerprint density at radius 1 is 1.06 bits per heavy atom. The molecule has 1 atom stereocenters. The summed E-state index contributed by atoms with van der Waals surface area (Å²) in [5, 5.41) is 1.17. The SMILES string of the molecule is C#Cc1ccc(N2CCN(C(=O)c3ccc(F)cc3N)C[C@H]2c2ccc(Cl)cc2)c(Cl)c1. The maximum atomic E-state index is 13.5. The zero-order chi connectivity index (χ0) is 22.8. The molecule has 1 aliphatic heterocycles. The fourth-order valence-electron chi connectivity index (χ4n) is 3.95. The van der Waals surface area contributed by atoms with Crippen LogP contribution < -0.4 is 10.6 Å². The van der Waals surface area contributed by atoms with Crippen molar-refractivity contribution in [2.24, 2.45) is 0 Å². The fourth-order valence-corrected chi connectivity index (χ4v) is 4.37. The lowest BCUT2D eigenvalue weighted by Crippen LogP contribution is -2.50. The van der Waals surface area contributed by atoms with Crippen molar-refractivity contribution in [1.29, 1.82) is 0 Å². The molecule has 0 bridgehead atoms. The molecule has 0 unspecified atom stereocenters. The number of rotatable bonds is 3. The van der Waals surface area contributed by atoms with Crippen molar-refractivity contribution >= 4 is 40.5 Å². The van der Waals surface area contributed by atoms with Crippen LogP contribution in [0.15, 0.2) is 60.7 Å². The molecule has 3 aromatic carbocycles. The van der Waals surface area contributed by atoms with Gasteiger partial charge in [0, 0.05) is 35.9 Å². The van der Waals surface area contributed by atoms with E-state index in [1.807, 2.05) is 36.4 Å². The number of carbonyl (C=O) groups excluding carboxylic acids is 1. The lowest BCUT2D eigenvalue weighted by molar-refractivity contribution is 0.0723. The highest BCUT2D eigenvalue weighted by molar-refractivity contribution is 6.33. The highest BCUT2D eigenvalue weighted by Crippen LogP contribution is 2.36. The van der Waals surface area contributed by atoms with Gasteiger partial charge in [0.25, 0.3) is 5.91 Å². The van der Waals surface area contributed by atoms with E-state index in [1.54, 1.807) is 11.0 Å². The number of benzene rings is 3. The number of anilines is 2. The lowest BCUT2D eigenvalue weighted by Gasteiger charge is -2.43. The van der Waals surface area contributed by atoms with Gasteiger partial charge >= 0.3 is 0 Å². The normalized spacial score (nSPS) is 16.0. The average Bonchev–Trinajstić information content (AvgIpc) is 2.79. The predicted octanol–water partition coefficient (Wildman–Crippen LogP) is 5.40. The molecule has 1 saturated heterocycles. The lowest BCUT2D eigenvalue weighted by atomic mass is 10.00. The van der Waals surface area contributed by atoms with E-state index in [2.05, 4.69) is 10.8 Å². The average molecular weight is 468 g/mol. The number of nitrogens with two attached hydrogens (primary N) is 1. The standard InChI is InChI=1S/C25H20Cl2FN3O/c1-2-16-3-10-23(21(27)13-16)31-12-11-30(15-24(31)17-4-6-18(26)7-5-17)25(32)20-9-8-19(28)14-22(20)29/h1,3-10,13-14,24H,11-12,15,29H2/t24-/m0/s1.